The first-order chi connectivity index (χ1) is 8.56. The fourth-order valence-electron chi connectivity index (χ4n) is 2.33. The number of hydrogen-bond acceptors (Lipinski definition) is 4. The minimum atomic E-state index is 0.237. The maximum absolute atomic E-state index is 5.87. The Morgan fingerprint density at radius 3 is 2.94 bits per heavy atom. The van der Waals surface area contributed by atoms with E-state index in [9.17, 15) is 0 Å². The van der Waals surface area contributed by atoms with Gasteiger partial charge in [0.25, 0.3) is 0 Å². The fraction of sp³-hybridized carbons (Fsp3) is 0.571. The molecule has 1 aromatic carbocycles. The van der Waals surface area contributed by atoms with Crippen LogP contribution in [0.1, 0.15) is 13.3 Å². The molecule has 1 unspecified atom stereocenters. The third-order valence-corrected chi connectivity index (χ3v) is 3.16. The van der Waals surface area contributed by atoms with Crippen molar-refractivity contribution in [3.63, 3.8) is 0 Å². The van der Waals surface area contributed by atoms with Gasteiger partial charge in [-0.2, -0.15) is 0 Å². The maximum atomic E-state index is 5.87. The van der Waals surface area contributed by atoms with Crippen molar-refractivity contribution < 1.29 is 4.74 Å². The number of nitrogen functional groups attached to an aromatic ring is 1. The Balaban J connectivity index is 2.09. The lowest BCUT2D eigenvalue weighted by atomic mass is 10.1. The molecule has 2 N–H and O–H groups in total. The van der Waals surface area contributed by atoms with Crippen LogP contribution in [0.2, 0.25) is 0 Å². The van der Waals surface area contributed by atoms with Gasteiger partial charge in [0.2, 0.25) is 0 Å². The normalized spacial score (nSPS) is 18.7. The molecule has 2 rings (SSSR count). The molecule has 0 spiro atoms. The zero-order valence-electron chi connectivity index (χ0n) is 11.5. The van der Waals surface area contributed by atoms with Gasteiger partial charge in [-0.1, -0.05) is 0 Å². The van der Waals surface area contributed by atoms with Gasteiger partial charge in [-0.25, -0.2) is 0 Å². The van der Waals surface area contributed by atoms with Gasteiger partial charge in [-0.15, -0.1) is 0 Å². The van der Waals surface area contributed by atoms with Gasteiger partial charge in [0.05, 0.1) is 12.2 Å². The molecule has 1 aliphatic rings. The van der Waals surface area contributed by atoms with E-state index in [2.05, 4.69) is 30.8 Å². The van der Waals surface area contributed by atoms with Gasteiger partial charge in [0.15, 0.2) is 0 Å². The second-order valence-corrected chi connectivity index (χ2v) is 5.26. The number of ether oxygens (including phenoxy) is 1. The van der Waals surface area contributed by atoms with Crippen LogP contribution in [0, 0.1) is 0 Å². The zero-order chi connectivity index (χ0) is 13.1. The molecule has 1 atom stereocenters. The van der Waals surface area contributed by atoms with Gasteiger partial charge in [0.1, 0.15) is 11.9 Å². The van der Waals surface area contributed by atoms with Crippen molar-refractivity contribution in [2.45, 2.75) is 19.4 Å². The lowest BCUT2D eigenvalue weighted by Gasteiger charge is -2.35. The first-order valence-electron chi connectivity index (χ1n) is 6.52. The second kappa shape index (κ2) is 5.48. The third kappa shape index (κ3) is 3.07. The molecule has 0 aromatic heterocycles. The summed E-state index contributed by atoms with van der Waals surface area (Å²) < 4.78 is 5.84. The molecule has 18 heavy (non-hydrogen) atoms. The van der Waals surface area contributed by atoms with Gasteiger partial charge in [0, 0.05) is 12.2 Å². The highest BCUT2D eigenvalue weighted by Gasteiger charge is 2.22. The van der Waals surface area contributed by atoms with Crippen LogP contribution in [0.25, 0.3) is 0 Å². The maximum Gasteiger partial charge on any atom is 0.143 e. The van der Waals surface area contributed by atoms with E-state index in [1.165, 1.54) is 0 Å². The number of benzene rings is 1. The highest BCUT2D eigenvalue weighted by Crippen LogP contribution is 2.34. The quantitative estimate of drug-likeness (QED) is 0.826. The molecular formula is C14H23N3O. The van der Waals surface area contributed by atoms with Crippen LogP contribution >= 0.6 is 0 Å². The average molecular weight is 249 g/mol. The van der Waals surface area contributed by atoms with Crippen LogP contribution in [0.3, 0.4) is 0 Å². The Kier molecular flexibility index (Phi) is 3.97. The Morgan fingerprint density at radius 2 is 2.22 bits per heavy atom. The highest BCUT2D eigenvalue weighted by atomic mass is 16.5. The van der Waals surface area contributed by atoms with E-state index < -0.39 is 0 Å². The Labute approximate surface area is 109 Å². The van der Waals surface area contributed by atoms with Crippen molar-refractivity contribution in [1.29, 1.82) is 0 Å². The largest absolute Gasteiger partial charge is 0.487 e. The molecule has 1 aliphatic heterocycles. The summed E-state index contributed by atoms with van der Waals surface area (Å²) in [4.78, 5) is 4.59. The molecule has 0 bridgehead atoms. The predicted molar refractivity (Wildman–Crippen MR) is 76.3 cm³/mol. The molecule has 0 aliphatic carbocycles. The van der Waals surface area contributed by atoms with Crippen molar-refractivity contribution in [2.24, 2.45) is 0 Å². The average Bonchev–Trinajstić information content (AvgIpc) is 2.29. The summed E-state index contributed by atoms with van der Waals surface area (Å²) in [5.41, 5.74) is 7.79. The molecule has 1 aromatic rings. The summed E-state index contributed by atoms with van der Waals surface area (Å²) in [6.45, 7) is 5.19. The van der Waals surface area contributed by atoms with Gasteiger partial charge < -0.3 is 20.3 Å². The number of nitrogens with zero attached hydrogens (tertiary/aromatic N) is 2. The van der Waals surface area contributed by atoms with Crippen molar-refractivity contribution in [2.75, 3.05) is 44.4 Å². The molecule has 0 amide bonds. The van der Waals surface area contributed by atoms with E-state index in [0.29, 0.717) is 0 Å². The molecule has 1 heterocycles. The smallest absolute Gasteiger partial charge is 0.143 e. The lowest BCUT2D eigenvalue weighted by Crippen LogP contribution is -2.39. The van der Waals surface area contributed by atoms with E-state index in [0.717, 1.165) is 43.2 Å². The molecule has 4 heteroatoms. The number of nitrogens with two attached hydrogens (primary N) is 1. The van der Waals surface area contributed by atoms with Crippen LogP contribution in [-0.2, 0) is 0 Å². The van der Waals surface area contributed by atoms with E-state index in [-0.39, 0.29) is 6.10 Å². The third-order valence-electron chi connectivity index (χ3n) is 3.16. The van der Waals surface area contributed by atoms with Crippen LogP contribution < -0.4 is 15.4 Å². The van der Waals surface area contributed by atoms with Crippen molar-refractivity contribution in [1.82, 2.24) is 4.90 Å². The number of anilines is 2. The SMILES string of the molecule is CC1CN(CCCN(C)C)c2cc(N)ccc2O1. The molecule has 0 radical (unpaired) electrons. The molecule has 100 valence electrons. The molecule has 0 saturated carbocycles. The predicted octanol–water partition coefficient (Wildman–Crippen LogP) is 1.81. The molecular weight excluding hydrogens is 226 g/mol. The first kappa shape index (κ1) is 13.0. The second-order valence-electron chi connectivity index (χ2n) is 5.26. The van der Waals surface area contributed by atoms with E-state index in [1.807, 2.05) is 18.2 Å². The van der Waals surface area contributed by atoms with Gasteiger partial charge >= 0.3 is 0 Å². The summed E-state index contributed by atoms with van der Waals surface area (Å²) in [6.07, 6.45) is 1.38. The highest BCUT2D eigenvalue weighted by molar-refractivity contribution is 5.66. The minimum Gasteiger partial charge on any atom is -0.487 e. The van der Waals surface area contributed by atoms with E-state index in [4.69, 9.17) is 10.5 Å². The number of hydrogen-bond donors (Lipinski definition) is 1. The first-order valence-corrected chi connectivity index (χ1v) is 6.52. The van der Waals surface area contributed by atoms with Gasteiger partial charge in [-0.05, 0) is 52.2 Å². The zero-order valence-corrected chi connectivity index (χ0v) is 11.5. The van der Waals surface area contributed by atoms with Crippen LogP contribution in [0.5, 0.6) is 5.75 Å². The summed E-state index contributed by atoms with van der Waals surface area (Å²) in [6, 6.07) is 5.88. The topological polar surface area (TPSA) is 41.7 Å². The fourth-order valence-corrected chi connectivity index (χ4v) is 2.33. The van der Waals surface area contributed by atoms with Crippen LogP contribution in [0.15, 0.2) is 18.2 Å². The van der Waals surface area contributed by atoms with Crippen molar-refractivity contribution in [3.8, 4) is 5.75 Å². The van der Waals surface area contributed by atoms with E-state index in [1.54, 1.807) is 0 Å². The van der Waals surface area contributed by atoms with E-state index >= 15 is 0 Å². The van der Waals surface area contributed by atoms with Crippen LogP contribution in [-0.4, -0.2) is 44.7 Å². The summed E-state index contributed by atoms with van der Waals surface area (Å²) in [5.74, 6) is 0.952. The standard InChI is InChI=1S/C14H23N3O/c1-11-10-17(8-4-7-16(2)3)13-9-12(15)5-6-14(13)18-11/h5-6,9,11H,4,7-8,10,15H2,1-3H3. The lowest BCUT2D eigenvalue weighted by molar-refractivity contribution is 0.212. The Hall–Kier alpha value is -1.42. The monoisotopic (exact) mass is 249 g/mol. The summed E-state index contributed by atoms with van der Waals surface area (Å²) >= 11 is 0. The van der Waals surface area contributed by atoms with Crippen molar-refractivity contribution in [3.05, 3.63) is 18.2 Å². The molecule has 0 saturated heterocycles. The summed E-state index contributed by atoms with van der Waals surface area (Å²) in [7, 11) is 4.21. The van der Waals surface area contributed by atoms with Gasteiger partial charge in [-0.3, -0.25) is 0 Å². The van der Waals surface area contributed by atoms with Crippen molar-refractivity contribution >= 4 is 11.4 Å². The molecule has 4 nitrogen and oxygen atoms in total. The minimum absolute atomic E-state index is 0.237. The Bertz CT molecular complexity index is 406. The number of fused-ring (bicyclic) bond motifs is 1. The molecule has 0 fully saturated rings. The number of rotatable bonds is 4. The summed E-state index contributed by atoms with van der Waals surface area (Å²) in [5, 5.41) is 0. The van der Waals surface area contributed by atoms with Crippen LogP contribution in [0.4, 0.5) is 11.4 Å². The Morgan fingerprint density at radius 1 is 1.44 bits per heavy atom.